The minimum atomic E-state index is -0.502. The molecular formula is C11H16N2O3. The van der Waals surface area contributed by atoms with Gasteiger partial charge in [0, 0.05) is 17.7 Å². The van der Waals surface area contributed by atoms with Crippen LogP contribution in [0.25, 0.3) is 0 Å². The maximum atomic E-state index is 10.6. The summed E-state index contributed by atoms with van der Waals surface area (Å²) in [6.45, 7) is 5.44. The smallest absolute Gasteiger partial charge is 0.287 e. The molecule has 88 valence electrons. The third-order valence-corrected chi connectivity index (χ3v) is 2.69. The van der Waals surface area contributed by atoms with Crippen molar-refractivity contribution in [3.8, 4) is 0 Å². The fourth-order valence-electron chi connectivity index (χ4n) is 1.82. The molecule has 1 N–H and O–H groups in total. The molecular weight excluding hydrogens is 208 g/mol. The molecule has 0 aliphatic heterocycles. The van der Waals surface area contributed by atoms with E-state index in [1.165, 1.54) is 12.3 Å². The van der Waals surface area contributed by atoms with Crippen LogP contribution in [0.2, 0.25) is 0 Å². The predicted molar refractivity (Wildman–Crippen MR) is 60.3 cm³/mol. The second-order valence-electron chi connectivity index (χ2n) is 3.91. The molecule has 0 spiro atoms. The third kappa shape index (κ3) is 2.55. The standard InChI is InChI=1S/C11H16N2O3/c1-4-10(8(3)14)11-7(2)5-9(6-12-11)13(15)16/h5-6,8,10,14H,4H2,1-3H3. The van der Waals surface area contributed by atoms with Crippen LogP contribution in [-0.2, 0) is 0 Å². The maximum Gasteiger partial charge on any atom is 0.287 e. The summed E-state index contributed by atoms with van der Waals surface area (Å²) >= 11 is 0. The van der Waals surface area contributed by atoms with Gasteiger partial charge in [0.2, 0.25) is 0 Å². The van der Waals surface area contributed by atoms with Crippen molar-refractivity contribution in [3.05, 3.63) is 33.6 Å². The van der Waals surface area contributed by atoms with Crippen molar-refractivity contribution in [1.29, 1.82) is 0 Å². The molecule has 0 saturated carbocycles. The van der Waals surface area contributed by atoms with E-state index in [-0.39, 0.29) is 11.6 Å². The van der Waals surface area contributed by atoms with Crippen LogP contribution in [0, 0.1) is 17.0 Å². The van der Waals surface area contributed by atoms with Crippen LogP contribution in [0.1, 0.15) is 37.4 Å². The Morgan fingerprint density at radius 2 is 2.25 bits per heavy atom. The molecule has 2 atom stereocenters. The Labute approximate surface area is 94.3 Å². The lowest BCUT2D eigenvalue weighted by Gasteiger charge is -2.18. The van der Waals surface area contributed by atoms with Crippen molar-refractivity contribution >= 4 is 5.69 Å². The van der Waals surface area contributed by atoms with E-state index in [9.17, 15) is 15.2 Å². The van der Waals surface area contributed by atoms with Gasteiger partial charge in [-0.25, -0.2) is 0 Å². The molecule has 5 heteroatoms. The molecule has 2 unspecified atom stereocenters. The highest BCUT2D eigenvalue weighted by atomic mass is 16.6. The van der Waals surface area contributed by atoms with Crippen LogP contribution in [0.15, 0.2) is 12.3 Å². The number of aromatic nitrogens is 1. The lowest BCUT2D eigenvalue weighted by Crippen LogP contribution is -2.16. The van der Waals surface area contributed by atoms with E-state index in [0.717, 1.165) is 17.7 Å². The van der Waals surface area contributed by atoms with Crippen molar-refractivity contribution in [2.75, 3.05) is 0 Å². The Balaban J connectivity index is 3.11. The van der Waals surface area contributed by atoms with Crippen LogP contribution in [0.3, 0.4) is 0 Å². The number of rotatable bonds is 4. The molecule has 0 bridgehead atoms. The zero-order valence-corrected chi connectivity index (χ0v) is 9.67. The zero-order valence-electron chi connectivity index (χ0n) is 9.67. The molecule has 0 aromatic carbocycles. The molecule has 16 heavy (non-hydrogen) atoms. The van der Waals surface area contributed by atoms with Crippen LogP contribution in [0.5, 0.6) is 0 Å². The van der Waals surface area contributed by atoms with Gasteiger partial charge in [0.25, 0.3) is 5.69 Å². The van der Waals surface area contributed by atoms with Gasteiger partial charge in [0.15, 0.2) is 0 Å². The summed E-state index contributed by atoms with van der Waals surface area (Å²) in [5, 5.41) is 20.1. The van der Waals surface area contributed by atoms with Crippen LogP contribution in [-0.4, -0.2) is 21.1 Å². The van der Waals surface area contributed by atoms with E-state index in [1.54, 1.807) is 13.8 Å². The Morgan fingerprint density at radius 3 is 2.62 bits per heavy atom. The van der Waals surface area contributed by atoms with Gasteiger partial charge in [0.05, 0.1) is 11.0 Å². The molecule has 1 heterocycles. The first-order chi connectivity index (χ1) is 7.47. The Hall–Kier alpha value is -1.49. The highest BCUT2D eigenvalue weighted by Gasteiger charge is 2.20. The Morgan fingerprint density at radius 1 is 1.62 bits per heavy atom. The molecule has 0 radical (unpaired) electrons. The molecule has 0 saturated heterocycles. The van der Waals surface area contributed by atoms with Crippen molar-refractivity contribution in [2.24, 2.45) is 0 Å². The lowest BCUT2D eigenvalue weighted by molar-refractivity contribution is -0.385. The number of nitrogens with zero attached hydrogens (tertiary/aromatic N) is 2. The number of pyridine rings is 1. The summed E-state index contributed by atoms with van der Waals surface area (Å²) in [7, 11) is 0. The van der Waals surface area contributed by atoms with Crippen LogP contribution in [0.4, 0.5) is 5.69 Å². The molecule has 1 aromatic rings. The van der Waals surface area contributed by atoms with E-state index >= 15 is 0 Å². The molecule has 5 nitrogen and oxygen atoms in total. The molecule has 0 aliphatic rings. The minimum absolute atomic E-state index is 0.0123. The summed E-state index contributed by atoms with van der Waals surface area (Å²) in [6, 6.07) is 1.49. The normalized spacial score (nSPS) is 14.5. The summed E-state index contributed by atoms with van der Waals surface area (Å²) in [6.07, 6.45) is 1.49. The summed E-state index contributed by atoms with van der Waals surface area (Å²) in [5.74, 6) is -0.0687. The van der Waals surface area contributed by atoms with Gasteiger partial charge in [-0.3, -0.25) is 15.1 Å². The van der Waals surface area contributed by atoms with Crippen molar-refractivity contribution in [2.45, 2.75) is 39.2 Å². The molecule has 0 amide bonds. The molecule has 0 aliphatic carbocycles. The van der Waals surface area contributed by atoms with Crippen LogP contribution < -0.4 is 0 Å². The van der Waals surface area contributed by atoms with Gasteiger partial charge in [0.1, 0.15) is 6.20 Å². The van der Waals surface area contributed by atoms with Crippen molar-refractivity contribution in [1.82, 2.24) is 4.98 Å². The number of hydrogen-bond acceptors (Lipinski definition) is 4. The topological polar surface area (TPSA) is 76.3 Å². The fraction of sp³-hybridized carbons (Fsp3) is 0.545. The molecule has 1 rings (SSSR count). The zero-order chi connectivity index (χ0) is 12.3. The van der Waals surface area contributed by atoms with E-state index in [0.29, 0.717) is 0 Å². The first-order valence-electron chi connectivity index (χ1n) is 5.26. The number of nitro groups is 1. The quantitative estimate of drug-likeness (QED) is 0.628. The highest BCUT2D eigenvalue weighted by Crippen LogP contribution is 2.26. The van der Waals surface area contributed by atoms with Gasteiger partial charge in [-0.1, -0.05) is 6.92 Å². The number of aryl methyl sites for hydroxylation is 1. The average molecular weight is 224 g/mol. The van der Waals surface area contributed by atoms with Gasteiger partial charge in [-0.05, 0) is 25.8 Å². The van der Waals surface area contributed by atoms with Gasteiger partial charge in [-0.15, -0.1) is 0 Å². The van der Waals surface area contributed by atoms with Gasteiger partial charge in [-0.2, -0.15) is 0 Å². The first-order valence-corrected chi connectivity index (χ1v) is 5.26. The summed E-state index contributed by atoms with van der Waals surface area (Å²) < 4.78 is 0. The summed E-state index contributed by atoms with van der Waals surface area (Å²) in [4.78, 5) is 14.2. The Bertz CT molecular complexity index is 391. The lowest BCUT2D eigenvalue weighted by atomic mass is 9.93. The predicted octanol–water partition coefficient (Wildman–Crippen LogP) is 2.17. The minimum Gasteiger partial charge on any atom is -0.393 e. The van der Waals surface area contributed by atoms with Gasteiger partial charge < -0.3 is 5.11 Å². The number of aliphatic hydroxyl groups is 1. The average Bonchev–Trinajstić information content (AvgIpc) is 2.20. The fourth-order valence-corrected chi connectivity index (χ4v) is 1.82. The van der Waals surface area contributed by atoms with Crippen LogP contribution >= 0.6 is 0 Å². The largest absolute Gasteiger partial charge is 0.393 e. The monoisotopic (exact) mass is 224 g/mol. The second-order valence-corrected chi connectivity index (χ2v) is 3.91. The third-order valence-electron chi connectivity index (χ3n) is 2.69. The van der Waals surface area contributed by atoms with E-state index < -0.39 is 11.0 Å². The Kier molecular flexibility index (Phi) is 3.95. The van der Waals surface area contributed by atoms with E-state index in [1.807, 2.05) is 6.92 Å². The SMILES string of the molecule is CCC(c1ncc([N+](=O)[O-])cc1C)C(C)O. The number of hydrogen-bond donors (Lipinski definition) is 1. The molecule has 0 fully saturated rings. The summed E-state index contributed by atoms with van der Waals surface area (Å²) in [5.41, 5.74) is 1.48. The highest BCUT2D eigenvalue weighted by molar-refractivity contribution is 5.35. The van der Waals surface area contributed by atoms with Gasteiger partial charge >= 0.3 is 0 Å². The second kappa shape index (κ2) is 5.03. The van der Waals surface area contributed by atoms with Crippen molar-refractivity contribution < 1.29 is 10.0 Å². The van der Waals surface area contributed by atoms with E-state index in [4.69, 9.17) is 0 Å². The number of aliphatic hydroxyl groups excluding tert-OH is 1. The first kappa shape index (κ1) is 12.6. The maximum absolute atomic E-state index is 10.6. The van der Waals surface area contributed by atoms with E-state index in [2.05, 4.69) is 4.98 Å². The molecule has 1 aromatic heterocycles. The van der Waals surface area contributed by atoms with Crippen molar-refractivity contribution in [3.63, 3.8) is 0 Å².